The molecule has 3 nitrogen and oxygen atoms in total. The van der Waals surface area contributed by atoms with Gasteiger partial charge in [-0.25, -0.2) is 0 Å². The van der Waals surface area contributed by atoms with Gasteiger partial charge in [-0.3, -0.25) is 0 Å². The summed E-state index contributed by atoms with van der Waals surface area (Å²) in [4.78, 5) is 0. The van der Waals surface area contributed by atoms with E-state index in [1.807, 2.05) is 0 Å². The van der Waals surface area contributed by atoms with E-state index in [2.05, 4.69) is 6.92 Å². The molecule has 28 heavy (non-hydrogen) atoms. The predicted molar refractivity (Wildman–Crippen MR) is 114 cm³/mol. The number of aromatic hydroxyl groups is 3. The molecule has 0 aromatic heterocycles. The van der Waals surface area contributed by atoms with Crippen LogP contribution in [0.1, 0.15) is 36.5 Å². The zero-order chi connectivity index (χ0) is 20.5. The van der Waals surface area contributed by atoms with Crippen molar-refractivity contribution in [1.82, 2.24) is 0 Å². The van der Waals surface area contributed by atoms with E-state index in [4.69, 9.17) is 34.8 Å². The van der Waals surface area contributed by atoms with Crippen LogP contribution in [0.4, 0.5) is 0 Å². The summed E-state index contributed by atoms with van der Waals surface area (Å²) in [6.45, 7) is 2.06. The molecular weight excluding hydrogens is 419 g/mol. The second kappa shape index (κ2) is 8.12. The minimum absolute atomic E-state index is 0.0108. The SMILES string of the molecule is CCCC(c1ccc(O)c(Cl)c1)(c1ccc(O)c(Cl)c1)c1ccc(O)c(Cl)c1. The highest BCUT2D eigenvalue weighted by atomic mass is 35.5. The standard InChI is InChI=1S/C22H19Cl3O3/c1-2-9-22(13-3-6-19(26)16(23)10-13,14-4-7-20(27)17(24)11-14)15-5-8-21(28)18(25)12-15/h3-8,10-12,26-28H,2,9H2,1H3. The molecule has 0 heterocycles. The maximum atomic E-state index is 9.90. The van der Waals surface area contributed by atoms with Gasteiger partial charge >= 0.3 is 0 Å². The van der Waals surface area contributed by atoms with E-state index in [-0.39, 0.29) is 32.3 Å². The average Bonchev–Trinajstić information content (AvgIpc) is 2.67. The van der Waals surface area contributed by atoms with Crippen LogP contribution < -0.4 is 0 Å². The highest BCUT2D eigenvalue weighted by Gasteiger charge is 2.37. The Hall–Kier alpha value is -2.07. The smallest absolute Gasteiger partial charge is 0.134 e. The Labute approximate surface area is 178 Å². The monoisotopic (exact) mass is 436 g/mol. The van der Waals surface area contributed by atoms with Crippen LogP contribution in [-0.2, 0) is 5.41 Å². The molecule has 0 saturated heterocycles. The normalized spacial score (nSPS) is 11.6. The molecular formula is C22H19Cl3O3. The van der Waals surface area contributed by atoms with Crippen molar-refractivity contribution in [3.8, 4) is 17.2 Å². The Morgan fingerprint density at radius 1 is 0.643 bits per heavy atom. The molecule has 0 amide bonds. The topological polar surface area (TPSA) is 60.7 Å². The fourth-order valence-corrected chi connectivity index (χ4v) is 4.17. The van der Waals surface area contributed by atoms with E-state index in [1.165, 1.54) is 0 Å². The van der Waals surface area contributed by atoms with Crippen LogP contribution in [0.2, 0.25) is 15.1 Å². The fraction of sp³-hybridized carbons (Fsp3) is 0.182. The van der Waals surface area contributed by atoms with Crippen molar-refractivity contribution in [3.05, 3.63) is 86.4 Å². The Bertz CT molecular complexity index is 893. The van der Waals surface area contributed by atoms with Crippen LogP contribution in [-0.4, -0.2) is 15.3 Å². The van der Waals surface area contributed by atoms with Crippen molar-refractivity contribution >= 4 is 34.8 Å². The Balaban J connectivity index is 2.39. The average molecular weight is 438 g/mol. The molecule has 3 N–H and O–H groups in total. The number of hydrogen-bond acceptors (Lipinski definition) is 3. The van der Waals surface area contributed by atoms with Gasteiger partial charge in [0.2, 0.25) is 0 Å². The summed E-state index contributed by atoms with van der Waals surface area (Å²) < 4.78 is 0. The predicted octanol–water partition coefficient (Wildman–Crippen LogP) is 6.90. The van der Waals surface area contributed by atoms with E-state index in [0.29, 0.717) is 6.42 Å². The lowest BCUT2D eigenvalue weighted by molar-refractivity contribution is 0.472. The van der Waals surface area contributed by atoms with Gasteiger partial charge in [0.1, 0.15) is 17.2 Å². The van der Waals surface area contributed by atoms with Crippen LogP contribution in [0.5, 0.6) is 17.2 Å². The summed E-state index contributed by atoms with van der Waals surface area (Å²) in [6, 6.07) is 15.2. The largest absolute Gasteiger partial charge is 0.506 e. The van der Waals surface area contributed by atoms with Gasteiger partial charge in [0, 0.05) is 5.41 Å². The Kier molecular flexibility index (Phi) is 5.99. The molecule has 146 valence electrons. The van der Waals surface area contributed by atoms with Crippen LogP contribution >= 0.6 is 34.8 Å². The summed E-state index contributed by atoms with van der Waals surface area (Å²) in [5.41, 5.74) is 1.79. The van der Waals surface area contributed by atoms with E-state index in [9.17, 15) is 15.3 Å². The Morgan fingerprint density at radius 3 is 1.21 bits per heavy atom. The zero-order valence-electron chi connectivity index (χ0n) is 15.1. The van der Waals surface area contributed by atoms with Crippen LogP contribution in [0, 0.1) is 0 Å². The van der Waals surface area contributed by atoms with Crippen molar-refractivity contribution in [3.63, 3.8) is 0 Å². The van der Waals surface area contributed by atoms with E-state index < -0.39 is 5.41 Å². The molecule has 3 aromatic carbocycles. The van der Waals surface area contributed by atoms with Crippen LogP contribution in [0.25, 0.3) is 0 Å². The van der Waals surface area contributed by atoms with Crippen molar-refractivity contribution < 1.29 is 15.3 Å². The quantitative estimate of drug-likeness (QED) is 0.380. The molecule has 0 spiro atoms. The fourth-order valence-electron chi connectivity index (χ4n) is 3.63. The number of halogens is 3. The van der Waals surface area contributed by atoms with Gasteiger partial charge in [0.25, 0.3) is 0 Å². The number of benzene rings is 3. The first-order valence-electron chi connectivity index (χ1n) is 8.76. The van der Waals surface area contributed by atoms with E-state index in [1.54, 1.807) is 54.6 Å². The van der Waals surface area contributed by atoms with Gasteiger partial charge in [0.15, 0.2) is 0 Å². The summed E-state index contributed by atoms with van der Waals surface area (Å²) in [7, 11) is 0. The maximum Gasteiger partial charge on any atom is 0.134 e. The molecule has 0 fully saturated rings. The maximum absolute atomic E-state index is 9.90. The minimum atomic E-state index is -0.708. The number of hydrogen-bond donors (Lipinski definition) is 3. The van der Waals surface area contributed by atoms with Gasteiger partial charge in [-0.2, -0.15) is 0 Å². The molecule has 0 unspecified atom stereocenters. The van der Waals surface area contributed by atoms with Crippen LogP contribution in [0.15, 0.2) is 54.6 Å². The molecule has 3 rings (SSSR count). The number of phenolic OH excluding ortho intramolecular Hbond substituents is 3. The zero-order valence-corrected chi connectivity index (χ0v) is 17.4. The lowest BCUT2D eigenvalue weighted by Gasteiger charge is -2.36. The minimum Gasteiger partial charge on any atom is -0.506 e. The molecule has 0 aliphatic heterocycles. The summed E-state index contributed by atoms with van der Waals surface area (Å²) >= 11 is 18.7. The van der Waals surface area contributed by atoms with Crippen LogP contribution in [0.3, 0.4) is 0 Å². The van der Waals surface area contributed by atoms with Gasteiger partial charge < -0.3 is 15.3 Å². The van der Waals surface area contributed by atoms with Gasteiger partial charge in [-0.15, -0.1) is 0 Å². The lowest BCUT2D eigenvalue weighted by atomic mass is 9.67. The van der Waals surface area contributed by atoms with E-state index >= 15 is 0 Å². The van der Waals surface area contributed by atoms with Gasteiger partial charge in [0.05, 0.1) is 15.1 Å². The van der Waals surface area contributed by atoms with Gasteiger partial charge in [-0.1, -0.05) is 66.3 Å². The van der Waals surface area contributed by atoms with E-state index in [0.717, 1.165) is 23.1 Å². The van der Waals surface area contributed by atoms with Crippen molar-refractivity contribution in [2.75, 3.05) is 0 Å². The molecule has 0 bridgehead atoms. The number of rotatable bonds is 5. The summed E-state index contributed by atoms with van der Waals surface area (Å²) in [5.74, 6) is -0.0325. The highest BCUT2D eigenvalue weighted by molar-refractivity contribution is 6.32. The molecule has 0 radical (unpaired) electrons. The third kappa shape index (κ3) is 3.62. The second-order valence-corrected chi connectivity index (χ2v) is 7.88. The highest BCUT2D eigenvalue weighted by Crippen LogP contribution is 2.47. The third-order valence-corrected chi connectivity index (χ3v) is 5.85. The molecule has 0 aliphatic carbocycles. The third-order valence-electron chi connectivity index (χ3n) is 4.95. The summed E-state index contributed by atoms with van der Waals surface area (Å²) in [6.07, 6.45) is 1.49. The molecule has 6 heteroatoms. The first kappa shape index (κ1) is 20.7. The van der Waals surface area contributed by atoms with Crippen molar-refractivity contribution in [2.45, 2.75) is 25.2 Å². The summed E-state index contributed by atoms with van der Waals surface area (Å²) in [5, 5.41) is 30.4. The Morgan fingerprint density at radius 2 is 0.964 bits per heavy atom. The van der Waals surface area contributed by atoms with Crippen molar-refractivity contribution in [1.29, 1.82) is 0 Å². The first-order valence-corrected chi connectivity index (χ1v) is 9.90. The molecule has 0 atom stereocenters. The molecule has 0 saturated carbocycles. The molecule has 3 aromatic rings. The molecule has 0 aliphatic rings. The number of phenols is 3. The first-order chi connectivity index (χ1) is 13.3. The van der Waals surface area contributed by atoms with Gasteiger partial charge in [-0.05, 0) is 59.5 Å². The lowest BCUT2D eigenvalue weighted by Crippen LogP contribution is -2.29. The second-order valence-electron chi connectivity index (χ2n) is 6.65. The van der Waals surface area contributed by atoms with Crippen molar-refractivity contribution in [2.24, 2.45) is 0 Å².